The number of nitrogens with zero attached hydrogens (tertiary/aromatic N) is 1. The second-order valence-corrected chi connectivity index (χ2v) is 4.56. The van der Waals surface area contributed by atoms with E-state index in [4.69, 9.17) is 10.8 Å². The van der Waals surface area contributed by atoms with Gasteiger partial charge in [0.15, 0.2) is 0 Å². The number of urea groups is 1. The van der Waals surface area contributed by atoms with Gasteiger partial charge in [0, 0.05) is 17.8 Å². The zero-order valence-electron chi connectivity index (χ0n) is 10.7. The van der Waals surface area contributed by atoms with Crippen LogP contribution in [0.15, 0.2) is 24.3 Å². The van der Waals surface area contributed by atoms with Gasteiger partial charge < -0.3 is 21.1 Å². The van der Waals surface area contributed by atoms with Crippen molar-refractivity contribution < 1.29 is 19.5 Å². The molecular weight excluding hydrogens is 262 g/mol. The molecule has 1 heterocycles. The molecular formula is C13H15N3O4. The third-order valence-corrected chi connectivity index (χ3v) is 3.20. The van der Waals surface area contributed by atoms with E-state index in [0.717, 1.165) is 0 Å². The van der Waals surface area contributed by atoms with Gasteiger partial charge in [-0.25, -0.2) is 9.59 Å². The maximum atomic E-state index is 12.2. The monoisotopic (exact) mass is 277 g/mol. The number of hydrogen-bond acceptors (Lipinski definition) is 3. The Morgan fingerprint density at radius 3 is 2.45 bits per heavy atom. The molecule has 7 heteroatoms. The van der Waals surface area contributed by atoms with Crippen LogP contribution < -0.4 is 11.1 Å². The first-order valence-electron chi connectivity index (χ1n) is 6.19. The Hall–Kier alpha value is -2.57. The van der Waals surface area contributed by atoms with Crippen LogP contribution in [-0.4, -0.2) is 40.5 Å². The maximum absolute atomic E-state index is 12.2. The molecule has 0 bridgehead atoms. The lowest BCUT2D eigenvalue weighted by Crippen LogP contribution is -2.40. The Bertz CT molecular complexity index is 541. The molecule has 1 unspecified atom stereocenters. The summed E-state index contributed by atoms with van der Waals surface area (Å²) in [7, 11) is 0. The highest BCUT2D eigenvalue weighted by atomic mass is 16.4. The molecule has 1 aromatic rings. The van der Waals surface area contributed by atoms with Gasteiger partial charge in [-0.15, -0.1) is 0 Å². The number of carbonyl (C=O) groups excluding carboxylic acids is 2. The average Bonchev–Trinajstić information content (AvgIpc) is 2.87. The van der Waals surface area contributed by atoms with Crippen molar-refractivity contribution in [2.24, 2.45) is 5.73 Å². The molecule has 0 aromatic heterocycles. The third-order valence-electron chi connectivity index (χ3n) is 3.20. The number of carboxylic acids is 1. The summed E-state index contributed by atoms with van der Waals surface area (Å²) in [5.41, 5.74) is 5.84. The number of carbonyl (C=O) groups is 3. The van der Waals surface area contributed by atoms with Crippen LogP contribution in [-0.2, 0) is 4.79 Å². The van der Waals surface area contributed by atoms with Crippen LogP contribution in [0.2, 0.25) is 0 Å². The van der Waals surface area contributed by atoms with Gasteiger partial charge in [0.2, 0.25) is 0 Å². The first-order valence-corrected chi connectivity index (χ1v) is 6.19. The summed E-state index contributed by atoms with van der Waals surface area (Å²) in [4.78, 5) is 35.4. The fourth-order valence-electron chi connectivity index (χ4n) is 2.27. The molecule has 0 spiro atoms. The van der Waals surface area contributed by atoms with Gasteiger partial charge in [-0.2, -0.15) is 0 Å². The molecule has 0 saturated carbocycles. The molecule has 106 valence electrons. The Kier molecular flexibility index (Phi) is 3.88. The molecule has 1 aliphatic heterocycles. The fourth-order valence-corrected chi connectivity index (χ4v) is 2.27. The first kappa shape index (κ1) is 13.9. The van der Waals surface area contributed by atoms with E-state index in [2.05, 4.69) is 5.32 Å². The minimum absolute atomic E-state index is 0.319. The van der Waals surface area contributed by atoms with Crippen LogP contribution in [0, 0.1) is 0 Å². The minimum atomic E-state index is -0.983. The van der Waals surface area contributed by atoms with Gasteiger partial charge >= 0.3 is 12.0 Å². The highest BCUT2D eigenvalue weighted by Crippen LogP contribution is 2.21. The van der Waals surface area contributed by atoms with Gasteiger partial charge in [0.1, 0.15) is 6.04 Å². The number of nitrogens with one attached hydrogen (secondary N) is 1. The first-order chi connectivity index (χ1) is 9.49. The van der Waals surface area contributed by atoms with Crippen molar-refractivity contribution in [2.45, 2.75) is 18.9 Å². The minimum Gasteiger partial charge on any atom is -0.480 e. The number of nitrogens with two attached hydrogens (primary N) is 1. The Balaban J connectivity index is 2.13. The van der Waals surface area contributed by atoms with Crippen LogP contribution >= 0.6 is 0 Å². The van der Waals surface area contributed by atoms with Gasteiger partial charge in [0.25, 0.3) is 5.91 Å². The van der Waals surface area contributed by atoms with Gasteiger partial charge in [0.05, 0.1) is 0 Å². The summed E-state index contributed by atoms with van der Waals surface area (Å²) >= 11 is 0. The largest absolute Gasteiger partial charge is 0.480 e. The van der Waals surface area contributed by atoms with Crippen molar-refractivity contribution >= 4 is 23.6 Å². The van der Waals surface area contributed by atoms with E-state index in [1.807, 2.05) is 0 Å². The summed E-state index contributed by atoms with van der Waals surface area (Å²) < 4.78 is 0. The van der Waals surface area contributed by atoms with Crippen LogP contribution in [0.3, 0.4) is 0 Å². The van der Waals surface area contributed by atoms with Crippen LogP contribution in [0.1, 0.15) is 23.2 Å². The molecule has 3 amide bonds. The van der Waals surface area contributed by atoms with E-state index in [9.17, 15) is 14.4 Å². The molecule has 1 aliphatic rings. The van der Waals surface area contributed by atoms with Crippen molar-refractivity contribution in [1.29, 1.82) is 0 Å². The number of hydrogen-bond donors (Lipinski definition) is 3. The highest BCUT2D eigenvalue weighted by molar-refractivity contribution is 5.97. The predicted molar refractivity (Wildman–Crippen MR) is 71.3 cm³/mol. The van der Waals surface area contributed by atoms with Gasteiger partial charge in [-0.1, -0.05) is 0 Å². The van der Waals surface area contributed by atoms with E-state index < -0.39 is 18.0 Å². The Morgan fingerprint density at radius 2 is 1.90 bits per heavy atom. The molecule has 1 aromatic carbocycles. The standard InChI is InChI=1S/C13H15N3O4/c14-13(20)15-9-5-3-8(4-6-9)11(17)16-7-1-2-10(16)12(18)19/h3-6,10H,1-2,7H2,(H,18,19)(H3,14,15,20). The van der Waals surface area contributed by atoms with Gasteiger partial charge in [-0.3, -0.25) is 4.79 Å². The lowest BCUT2D eigenvalue weighted by Gasteiger charge is -2.21. The number of likely N-dealkylation sites (tertiary alicyclic amines) is 1. The zero-order chi connectivity index (χ0) is 14.7. The molecule has 1 saturated heterocycles. The van der Waals surface area contributed by atoms with Crippen LogP contribution in [0.5, 0.6) is 0 Å². The maximum Gasteiger partial charge on any atom is 0.326 e. The molecule has 1 atom stereocenters. The summed E-state index contributed by atoms with van der Waals surface area (Å²) in [5, 5.41) is 11.5. The topological polar surface area (TPSA) is 113 Å². The molecule has 0 radical (unpaired) electrons. The van der Waals surface area contributed by atoms with Crippen molar-refractivity contribution in [3.8, 4) is 0 Å². The molecule has 0 aliphatic carbocycles. The van der Waals surface area contributed by atoms with Gasteiger partial charge in [-0.05, 0) is 37.1 Å². The van der Waals surface area contributed by atoms with E-state index in [-0.39, 0.29) is 5.91 Å². The predicted octanol–water partition coefficient (Wildman–Crippen LogP) is 0.866. The van der Waals surface area contributed by atoms with E-state index in [1.54, 1.807) is 12.1 Å². The van der Waals surface area contributed by atoms with Crippen molar-refractivity contribution in [2.75, 3.05) is 11.9 Å². The summed E-state index contributed by atoms with van der Waals surface area (Å²) in [6, 6.07) is 4.71. The smallest absolute Gasteiger partial charge is 0.326 e. The highest BCUT2D eigenvalue weighted by Gasteiger charge is 2.34. The number of anilines is 1. The third kappa shape index (κ3) is 2.87. The van der Waals surface area contributed by atoms with E-state index in [0.29, 0.717) is 30.6 Å². The average molecular weight is 277 g/mol. The summed E-state index contributed by atoms with van der Waals surface area (Å²) in [5.74, 6) is -1.30. The summed E-state index contributed by atoms with van der Waals surface area (Å²) in [6.45, 7) is 0.442. The Labute approximate surface area is 115 Å². The molecule has 20 heavy (non-hydrogen) atoms. The SMILES string of the molecule is NC(=O)Nc1ccc(C(=O)N2CCCC2C(=O)O)cc1. The second kappa shape index (κ2) is 5.60. The lowest BCUT2D eigenvalue weighted by atomic mass is 10.1. The normalized spacial score (nSPS) is 17.8. The fraction of sp³-hybridized carbons (Fsp3) is 0.308. The number of rotatable bonds is 3. The lowest BCUT2D eigenvalue weighted by molar-refractivity contribution is -0.141. The molecule has 1 fully saturated rings. The number of primary amides is 1. The van der Waals surface area contributed by atoms with E-state index in [1.165, 1.54) is 17.0 Å². The zero-order valence-corrected chi connectivity index (χ0v) is 10.7. The molecule has 2 rings (SSSR count). The number of amides is 3. The summed E-state index contributed by atoms with van der Waals surface area (Å²) in [6.07, 6.45) is 1.16. The van der Waals surface area contributed by atoms with Crippen molar-refractivity contribution in [3.63, 3.8) is 0 Å². The van der Waals surface area contributed by atoms with Crippen LogP contribution in [0.25, 0.3) is 0 Å². The van der Waals surface area contributed by atoms with Crippen LogP contribution in [0.4, 0.5) is 10.5 Å². The number of benzene rings is 1. The number of aliphatic carboxylic acids is 1. The van der Waals surface area contributed by atoms with Crippen molar-refractivity contribution in [3.05, 3.63) is 29.8 Å². The molecule has 4 N–H and O–H groups in total. The quantitative estimate of drug-likeness (QED) is 0.760. The van der Waals surface area contributed by atoms with Crippen molar-refractivity contribution in [1.82, 2.24) is 4.90 Å². The molecule has 7 nitrogen and oxygen atoms in total. The van der Waals surface area contributed by atoms with E-state index >= 15 is 0 Å². The Morgan fingerprint density at radius 1 is 1.25 bits per heavy atom. The second-order valence-electron chi connectivity index (χ2n) is 4.56. The number of carboxylic acid groups (broad SMARTS) is 1.